The van der Waals surface area contributed by atoms with E-state index in [0.29, 0.717) is 10.6 Å². The molecule has 1 aromatic rings. The number of hydrogen-bond acceptors (Lipinski definition) is 3. The van der Waals surface area contributed by atoms with Gasteiger partial charge < -0.3 is 28.0 Å². The highest BCUT2D eigenvalue weighted by Gasteiger charge is 2.28. The van der Waals surface area contributed by atoms with Gasteiger partial charge in [0.1, 0.15) is 6.10 Å². The van der Waals surface area contributed by atoms with Crippen molar-refractivity contribution in [3.05, 3.63) is 34.9 Å². The largest absolute Gasteiger partial charge is 1.00 e. The van der Waals surface area contributed by atoms with E-state index in [-0.39, 0.29) is 12.4 Å². The summed E-state index contributed by atoms with van der Waals surface area (Å²) in [6, 6.07) is 5.80. The predicted octanol–water partition coefficient (Wildman–Crippen LogP) is -2.84. The number of methoxy groups -OCH3 is 1. The topological polar surface area (TPSA) is 74.2 Å². The summed E-state index contributed by atoms with van der Waals surface area (Å²) >= 11 is 5.76. The predicted molar refractivity (Wildman–Crippen MR) is 55.1 cm³/mol. The summed E-state index contributed by atoms with van der Waals surface area (Å²) in [5.74, 6) is -0.553. The van der Waals surface area contributed by atoms with Crippen LogP contribution in [0.25, 0.3) is 0 Å². The molecule has 4 nitrogen and oxygen atoms in total. The van der Waals surface area contributed by atoms with Crippen molar-refractivity contribution < 1.29 is 32.8 Å². The van der Waals surface area contributed by atoms with Crippen LogP contribution in [0, 0.1) is 0 Å². The van der Waals surface area contributed by atoms with Crippen LogP contribution in [0.2, 0.25) is 5.02 Å². The number of hydrogen-bond donors (Lipinski definition) is 2. The molecule has 0 aliphatic heterocycles. The number of halogens is 2. The lowest BCUT2D eigenvalue weighted by Crippen LogP contribution is -3.00. The second kappa shape index (κ2) is 6.70. The molecule has 0 amide bonds. The van der Waals surface area contributed by atoms with Crippen molar-refractivity contribution in [2.24, 2.45) is 0 Å². The average Bonchev–Trinajstić information content (AvgIpc) is 2.26. The molecular weight excluding hydrogens is 253 g/mol. The van der Waals surface area contributed by atoms with E-state index in [1.807, 2.05) is 0 Å². The van der Waals surface area contributed by atoms with Gasteiger partial charge in [-0.1, -0.05) is 23.7 Å². The number of carbonyl (C=O) groups excluding carboxylic acids is 1. The molecule has 0 unspecified atom stereocenters. The SMILES string of the molecule is COC(=O)[C@@H]([NH3+])[C@H](O)c1cccc(Cl)c1.[Cl-]. The summed E-state index contributed by atoms with van der Waals surface area (Å²) in [4.78, 5) is 11.1. The highest BCUT2D eigenvalue weighted by molar-refractivity contribution is 6.30. The molecule has 0 fully saturated rings. The van der Waals surface area contributed by atoms with Crippen molar-refractivity contribution in [3.8, 4) is 0 Å². The Morgan fingerprint density at radius 3 is 2.69 bits per heavy atom. The van der Waals surface area contributed by atoms with Crippen molar-refractivity contribution in [1.29, 1.82) is 0 Å². The zero-order chi connectivity index (χ0) is 11.4. The number of carbonyl (C=O) groups is 1. The number of ether oxygens (including phenoxy) is 1. The zero-order valence-electron chi connectivity index (χ0n) is 8.69. The first-order chi connectivity index (χ1) is 7.06. The molecule has 0 radical (unpaired) electrons. The molecule has 1 aromatic carbocycles. The molecule has 0 aliphatic rings. The summed E-state index contributed by atoms with van der Waals surface area (Å²) in [7, 11) is 1.26. The van der Waals surface area contributed by atoms with Crippen molar-refractivity contribution in [1.82, 2.24) is 0 Å². The third-order valence-electron chi connectivity index (χ3n) is 2.08. The first-order valence-electron chi connectivity index (χ1n) is 4.40. The Labute approximate surface area is 105 Å². The molecule has 90 valence electrons. The summed E-state index contributed by atoms with van der Waals surface area (Å²) < 4.78 is 4.49. The molecular formula is C10H13Cl2NO3. The second-order valence-corrected chi connectivity index (χ2v) is 3.57. The normalized spacial score (nSPS) is 13.5. The third kappa shape index (κ3) is 3.64. The molecule has 0 saturated carbocycles. The molecule has 0 aromatic heterocycles. The lowest BCUT2D eigenvalue weighted by atomic mass is 10.0. The number of aliphatic hydroxyl groups is 1. The van der Waals surface area contributed by atoms with Gasteiger partial charge in [-0.15, -0.1) is 0 Å². The van der Waals surface area contributed by atoms with E-state index >= 15 is 0 Å². The Hall–Kier alpha value is -0.810. The Bertz CT molecular complexity index is 360. The van der Waals surface area contributed by atoms with Crippen LogP contribution >= 0.6 is 11.6 Å². The van der Waals surface area contributed by atoms with Crippen molar-refractivity contribution in [2.45, 2.75) is 12.1 Å². The first-order valence-corrected chi connectivity index (χ1v) is 4.78. The standard InChI is InChI=1S/C10H12ClNO3.ClH/c1-15-10(14)8(12)9(13)6-3-2-4-7(11)5-6;/h2-5,8-9,13H,12H2,1H3;1H/t8-,9+;/m0./s1. The fourth-order valence-corrected chi connectivity index (χ4v) is 1.40. The quantitative estimate of drug-likeness (QED) is 0.579. The Morgan fingerprint density at radius 1 is 1.56 bits per heavy atom. The van der Waals surface area contributed by atoms with Crippen LogP contribution in [-0.2, 0) is 9.53 Å². The molecule has 16 heavy (non-hydrogen) atoms. The zero-order valence-corrected chi connectivity index (χ0v) is 10.2. The maximum Gasteiger partial charge on any atom is 0.367 e. The van der Waals surface area contributed by atoms with Crippen LogP contribution in [0.5, 0.6) is 0 Å². The van der Waals surface area contributed by atoms with E-state index in [9.17, 15) is 9.90 Å². The number of rotatable bonds is 3. The van der Waals surface area contributed by atoms with E-state index in [4.69, 9.17) is 11.6 Å². The van der Waals surface area contributed by atoms with Gasteiger partial charge in [-0.05, 0) is 17.7 Å². The van der Waals surface area contributed by atoms with Gasteiger partial charge in [0.15, 0.2) is 0 Å². The minimum atomic E-state index is -1.00. The lowest BCUT2D eigenvalue weighted by molar-refractivity contribution is -0.426. The van der Waals surface area contributed by atoms with Crippen molar-refractivity contribution >= 4 is 17.6 Å². The Morgan fingerprint density at radius 2 is 2.19 bits per heavy atom. The van der Waals surface area contributed by atoms with Crippen LogP contribution < -0.4 is 18.1 Å². The fraction of sp³-hybridized carbons (Fsp3) is 0.300. The highest BCUT2D eigenvalue weighted by atomic mass is 35.5. The number of benzene rings is 1. The second-order valence-electron chi connectivity index (χ2n) is 3.13. The first kappa shape index (κ1) is 15.2. The minimum Gasteiger partial charge on any atom is -1.00 e. The Balaban J connectivity index is 0.00000225. The summed E-state index contributed by atoms with van der Waals surface area (Å²) in [6.07, 6.45) is -1.00. The van der Waals surface area contributed by atoms with Crippen LogP contribution in [-0.4, -0.2) is 24.2 Å². The van der Waals surface area contributed by atoms with Gasteiger partial charge >= 0.3 is 5.97 Å². The summed E-state index contributed by atoms with van der Waals surface area (Å²) in [5.41, 5.74) is 4.10. The molecule has 6 heteroatoms. The molecule has 0 saturated heterocycles. The highest BCUT2D eigenvalue weighted by Crippen LogP contribution is 2.19. The van der Waals surface area contributed by atoms with Crippen molar-refractivity contribution in [3.63, 3.8) is 0 Å². The van der Waals surface area contributed by atoms with E-state index < -0.39 is 18.1 Å². The van der Waals surface area contributed by atoms with E-state index in [1.54, 1.807) is 24.3 Å². The van der Waals surface area contributed by atoms with Crippen molar-refractivity contribution in [2.75, 3.05) is 7.11 Å². The Kier molecular flexibility index (Phi) is 6.36. The van der Waals surface area contributed by atoms with Gasteiger partial charge in [0.2, 0.25) is 6.04 Å². The van der Waals surface area contributed by atoms with Gasteiger partial charge in [-0.2, -0.15) is 0 Å². The fourth-order valence-electron chi connectivity index (χ4n) is 1.20. The maximum atomic E-state index is 11.1. The van der Waals surface area contributed by atoms with Gasteiger partial charge in [-0.3, -0.25) is 0 Å². The lowest BCUT2D eigenvalue weighted by Gasteiger charge is -2.14. The third-order valence-corrected chi connectivity index (χ3v) is 2.31. The van der Waals surface area contributed by atoms with Gasteiger partial charge in [0, 0.05) is 5.02 Å². The summed E-state index contributed by atoms with van der Waals surface area (Å²) in [5, 5.41) is 10.3. The number of aliphatic hydroxyl groups excluding tert-OH is 1. The van der Waals surface area contributed by atoms with E-state index in [1.165, 1.54) is 7.11 Å². The number of quaternary nitrogens is 1. The molecule has 0 bridgehead atoms. The van der Waals surface area contributed by atoms with E-state index in [2.05, 4.69) is 10.5 Å². The van der Waals surface area contributed by atoms with Crippen LogP contribution in [0.3, 0.4) is 0 Å². The van der Waals surface area contributed by atoms with Gasteiger partial charge in [0.25, 0.3) is 0 Å². The molecule has 0 spiro atoms. The molecule has 0 heterocycles. The maximum absolute atomic E-state index is 11.1. The molecule has 2 atom stereocenters. The van der Waals surface area contributed by atoms with E-state index in [0.717, 1.165) is 0 Å². The van der Waals surface area contributed by atoms with Crippen LogP contribution in [0.4, 0.5) is 0 Å². The van der Waals surface area contributed by atoms with Crippen LogP contribution in [0.15, 0.2) is 24.3 Å². The number of esters is 1. The van der Waals surface area contributed by atoms with Gasteiger partial charge in [0.05, 0.1) is 7.11 Å². The summed E-state index contributed by atoms with van der Waals surface area (Å²) in [6.45, 7) is 0. The monoisotopic (exact) mass is 265 g/mol. The average molecular weight is 266 g/mol. The molecule has 0 aliphatic carbocycles. The molecule has 1 rings (SSSR count). The molecule has 4 N–H and O–H groups in total. The van der Waals surface area contributed by atoms with Gasteiger partial charge in [-0.25, -0.2) is 4.79 Å². The smallest absolute Gasteiger partial charge is 0.367 e. The minimum absolute atomic E-state index is 0. The van der Waals surface area contributed by atoms with Crippen LogP contribution in [0.1, 0.15) is 11.7 Å².